The van der Waals surface area contributed by atoms with Crippen LogP contribution in [0.4, 0.5) is 0 Å². The zero-order valence-electron chi connectivity index (χ0n) is 9.46. The monoisotopic (exact) mass is 250 g/mol. The van der Waals surface area contributed by atoms with Gasteiger partial charge in [0.2, 0.25) is 0 Å². The molecule has 0 saturated carbocycles. The second kappa shape index (κ2) is 4.97. The first-order chi connectivity index (χ1) is 7.62. The molecule has 2 aliphatic rings. The lowest BCUT2D eigenvalue weighted by Gasteiger charge is -2.37. The summed E-state index contributed by atoms with van der Waals surface area (Å²) in [6.45, 7) is 5.14. The number of morpholine rings is 2. The third-order valence-corrected chi connectivity index (χ3v) is 5.05. The average Bonchev–Trinajstić information content (AvgIpc) is 2.30. The topological polar surface area (TPSA) is 59.1 Å². The van der Waals surface area contributed by atoms with Gasteiger partial charge >= 0.3 is 0 Å². The third kappa shape index (κ3) is 2.38. The number of rotatable bonds is 2. The van der Waals surface area contributed by atoms with E-state index in [0.29, 0.717) is 46.1 Å². The van der Waals surface area contributed by atoms with Gasteiger partial charge in [-0.05, 0) is 6.92 Å². The fraction of sp³-hybridized carbons (Fsp3) is 1.00. The number of ether oxygens (including phenoxy) is 2. The summed E-state index contributed by atoms with van der Waals surface area (Å²) >= 11 is 0. The van der Waals surface area contributed by atoms with E-state index < -0.39 is 10.2 Å². The molecule has 2 saturated heterocycles. The van der Waals surface area contributed by atoms with Crippen molar-refractivity contribution in [3.63, 3.8) is 0 Å². The van der Waals surface area contributed by atoms with Crippen LogP contribution in [0.15, 0.2) is 0 Å². The minimum atomic E-state index is -3.33. The van der Waals surface area contributed by atoms with E-state index in [0.717, 1.165) is 0 Å². The summed E-state index contributed by atoms with van der Waals surface area (Å²) in [7, 11) is -3.33. The molecule has 0 aliphatic carbocycles. The standard InChI is InChI=1S/C9H18N2O4S/c1-9-8-15-7-4-11(9)16(12,13)10-2-5-14-6-3-10/h9H,2-8H2,1H3. The van der Waals surface area contributed by atoms with E-state index in [1.54, 1.807) is 0 Å². The van der Waals surface area contributed by atoms with Crippen molar-refractivity contribution in [2.45, 2.75) is 13.0 Å². The number of nitrogens with zero attached hydrogens (tertiary/aromatic N) is 2. The zero-order chi connectivity index (χ0) is 11.6. The van der Waals surface area contributed by atoms with Crippen molar-refractivity contribution in [2.75, 3.05) is 46.1 Å². The quantitative estimate of drug-likeness (QED) is 0.649. The molecule has 1 atom stereocenters. The predicted molar refractivity (Wildman–Crippen MR) is 58.3 cm³/mol. The van der Waals surface area contributed by atoms with Gasteiger partial charge in [-0.1, -0.05) is 0 Å². The van der Waals surface area contributed by atoms with Gasteiger partial charge in [-0.2, -0.15) is 17.0 Å². The maximum Gasteiger partial charge on any atom is 0.282 e. The van der Waals surface area contributed by atoms with E-state index in [1.165, 1.54) is 8.61 Å². The van der Waals surface area contributed by atoms with Crippen molar-refractivity contribution >= 4 is 10.2 Å². The van der Waals surface area contributed by atoms with Crippen molar-refractivity contribution in [1.82, 2.24) is 8.61 Å². The van der Waals surface area contributed by atoms with Crippen LogP contribution in [0.1, 0.15) is 6.92 Å². The maximum atomic E-state index is 12.3. The van der Waals surface area contributed by atoms with Crippen LogP contribution in [0, 0.1) is 0 Å². The molecule has 0 radical (unpaired) electrons. The molecular weight excluding hydrogens is 232 g/mol. The van der Waals surface area contributed by atoms with Crippen molar-refractivity contribution in [3.05, 3.63) is 0 Å². The van der Waals surface area contributed by atoms with Gasteiger partial charge in [-0.25, -0.2) is 0 Å². The first-order valence-corrected chi connectivity index (χ1v) is 6.94. The molecule has 2 heterocycles. The molecule has 2 fully saturated rings. The van der Waals surface area contributed by atoms with Crippen LogP contribution >= 0.6 is 0 Å². The molecule has 0 spiro atoms. The molecule has 6 nitrogen and oxygen atoms in total. The van der Waals surface area contributed by atoms with E-state index in [1.807, 2.05) is 6.92 Å². The van der Waals surface area contributed by atoms with E-state index >= 15 is 0 Å². The fourth-order valence-corrected chi connectivity index (χ4v) is 3.71. The molecule has 2 aliphatic heterocycles. The fourth-order valence-electron chi connectivity index (χ4n) is 1.98. The van der Waals surface area contributed by atoms with Crippen LogP contribution in [0.5, 0.6) is 0 Å². The van der Waals surface area contributed by atoms with Crippen molar-refractivity contribution in [3.8, 4) is 0 Å². The third-order valence-electron chi connectivity index (χ3n) is 2.90. The van der Waals surface area contributed by atoms with Gasteiger partial charge < -0.3 is 9.47 Å². The Balaban J connectivity index is 2.10. The normalized spacial score (nSPS) is 30.4. The SMILES string of the molecule is CC1COCCN1S(=O)(=O)N1CCOCC1. The second-order valence-corrected chi connectivity index (χ2v) is 5.93. The van der Waals surface area contributed by atoms with Crippen LogP contribution in [-0.2, 0) is 19.7 Å². The number of hydrogen-bond acceptors (Lipinski definition) is 4. The summed E-state index contributed by atoms with van der Waals surface area (Å²) in [5, 5.41) is 0. The van der Waals surface area contributed by atoms with Crippen LogP contribution in [0.3, 0.4) is 0 Å². The Bertz CT molecular complexity index is 326. The van der Waals surface area contributed by atoms with Crippen LogP contribution in [-0.4, -0.2) is 69.1 Å². The lowest BCUT2D eigenvalue weighted by molar-refractivity contribution is 0.0301. The second-order valence-electron chi connectivity index (χ2n) is 4.05. The van der Waals surface area contributed by atoms with Crippen LogP contribution in [0.25, 0.3) is 0 Å². The Hall–Kier alpha value is -0.210. The van der Waals surface area contributed by atoms with Crippen LogP contribution < -0.4 is 0 Å². The van der Waals surface area contributed by atoms with Gasteiger partial charge in [0.1, 0.15) is 0 Å². The van der Waals surface area contributed by atoms with E-state index in [2.05, 4.69) is 0 Å². The van der Waals surface area contributed by atoms with Crippen LogP contribution in [0.2, 0.25) is 0 Å². The van der Waals surface area contributed by atoms with E-state index in [-0.39, 0.29) is 6.04 Å². The lowest BCUT2D eigenvalue weighted by atomic mass is 10.3. The van der Waals surface area contributed by atoms with Crippen molar-refractivity contribution in [1.29, 1.82) is 0 Å². The summed E-state index contributed by atoms with van der Waals surface area (Å²) in [4.78, 5) is 0. The molecule has 0 aromatic rings. The molecule has 0 bridgehead atoms. The minimum absolute atomic E-state index is 0.0819. The van der Waals surface area contributed by atoms with E-state index in [4.69, 9.17) is 9.47 Å². The lowest BCUT2D eigenvalue weighted by Crippen LogP contribution is -2.54. The molecule has 0 aromatic carbocycles. The molecule has 0 N–H and O–H groups in total. The summed E-state index contributed by atoms with van der Waals surface area (Å²) in [5.74, 6) is 0. The number of hydrogen-bond donors (Lipinski definition) is 0. The molecule has 0 aromatic heterocycles. The van der Waals surface area contributed by atoms with Gasteiger partial charge in [0, 0.05) is 25.7 Å². The smallest absolute Gasteiger partial charge is 0.282 e. The minimum Gasteiger partial charge on any atom is -0.379 e. The highest BCUT2D eigenvalue weighted by Gasteiger charge is 2.35. The highest BCUT2D eigenvalue weighted by molar-refractivity contribution is 7.86. The predicted octanol–water partition coefficient (Wildman–Crippen LogP) is -0.716. The molecule has 1 unspecified atom stereocenters. The molecule has 94 valence electrons. The van der Waals surface area contributed by atoms with Crippen molar-refractivity contribution < 1.29 is 17.9 Å². The Morgan fingerprint density at radius 1 is 1.06 bits per heavy atom. The molecule has 0 amide bonds. The summed E-state index contributed by atoms with van der Waals surface area (Å²) in [5.41, 5.74) is 0. The molecule has 2 rings (SSSR count). The summed E-state index contributed by atoms with van der Waals surface area (Å²) in [6.07, 6.45) is 0. The average molecular weight is 250 g/mol. The molecule has 7 heteroatoms. The highest BCUT2D eigenvalue weighted by atomic mass is 32.2. The van der Waals surface area contributed by atoms with Gasteiger partial charge in [0.05, 0.1) is 26.4 Å². The summed E-state index contributed by atoms with van der Waals surface area (Å²) in [6, 6.07) is -0.0819. The Morgan fingerprint density at radius 2 is 1.69 bits per heavy atom. The Kier molecular flexibility index (Phi) is 3.81. The summed E-state index contributed by atoms with van der Waals surface area (Å²) < 4.78 is 38.0. The van der Waals surface area contributed by atoms with E-state index in [9.17, 15) is 8.42 Å². The largest absolute Gasteiger partial charge is 0.379 e. The van der Waals surface area contributed by atoms with Gasteiger partial charge in [0.15, 0.2) is 0 Å². The Labute approximate surface area is 96.3 Å². The van der Waals surface area contributed by atoms with Gasteiger partial charge in [-0.15, -0.1) is 0 Å². The first-order valence-electron chi connectivity index (χ1n) is 5.55. The van der Waals surface area contributed by atoms with Crippen molar-refractivity contribution in [2.24, 2.45) is 0 Å². The first kappa shape index (κ1) is 12.3. The van der Waals surface area contributed by atoms with Gasteiger partial charge in [-0.3, -0.25) is 0 Å². The Morgan fingerprint density at radius 3 is 2.31 bits per heavy atom. The van der Waals surface area contributed by atoms with Gasteiger partial charge in [0.25, 0.3) is 10.2 Å². The maximum absolute atomic E-state index is 12.3. The highest BCUT2D eigenvalue weighted by Crippen LogP contribution is 2.16. The zero-order valence-corrected chi connectivity index (χ0v) is 10.3. The molecule has 16 heavy (non-hydrogen) atoms. The molecular formula is C9H18N2O4S.